The number of carbonyl (C=O) groups is 1. The third-order valence-electron chi connectivity index (χ3n) is 4.03. The van der Waals surface area contributed by atoms with Crippen LogP contribution < -0.4 is 10.5 Å². The number of halogens is 1. The number of thioether (sulfide) groups is 1. The summed E-state index contributed by atoms with van der Waals surface area (Å²) < 4.78 is 23.9. The van der Waals surface area contributed by atoms with Crippen LogP contribution in [0.2, 0.25) is 5.02 Å². The second-order valence-electron chi connectivity index (χ2n) is 6.30. The zero-order valence-electron chi connectivity index (χ0n) is 20.7. The van der Waals surface area contributed by atoms with Gasteiger partial charge in [0.15, 0.2) is 5.16 Å². The van der Waals surface area contributed by atoms with E-state index in [2.05, 4.69) is 58.2 Å². The van der Waals surface area contributed by atoms with Gasteiger partial charge in [-0.25, -0.2) is 13.6 Å². The average molecular weight is 528 g/mol. The molecular weight excluding hydrogens is 494 g/mol. The molecule has 3 rings (SSSR count). The molecule has 2 aromatic carbocycles. The molecule has 0 aliphatic carbocycles. The van der Waals surface area contributed by atoms with Gasteiger partial charge < -0.3 is 10.1 Å². The highest BCUT2D eigenvalue weighted by molar-refractivity contribution is 7.98. The van der Waals surface area contributed by atoms with Crippen LogP contribution in [0.3, 0.4) is 0 Å². The number of benzene rings is 2. The summed E-state index contributed by atoms with van der Waals surface area (Å²) in [5.41, 5.74) is 3.06. The average Bonchev–Trinajstić information content (AvgIpc) is 3.24. The van der Waals surface area contributed by atoms with Crippen LogP contribution in [0.4, 0.5) is 5.69 Å². The molecule has 1 aromatic heterocycles. The Labute approximate surface area is 212 Å². The number of aryl methyl sites for hydroxylation is 2. The Bertz CT molecular complexity index is 1100. The van der Waals surface area contributed by atoms with E-state index in [1.54, 1.807) is 24.9 Å². The molecule has 34 heavy (non-hydrogen) atoms. The summed E-state index contributed by atoms with van der Waals surface area (Å²) in [6.45, 7) is 9.63. The normalized spacial score (nSPS) is 9.91. The van der Waals surface area contributed by atoms with Crippen molar-refractivity contribution >= 4 is 45.4 Å². The molecule has 8 nitrogen and oxygen atoms in total. The van der Waals surface area contributed by atoms with E-state index in [4.69, 9.17) is 21.5 Å². The molecule has 0 saturated heterocycles. The number of primary sulfonamides is 1. The van der Waals surface area contributed by atoms with Crippen molar-refractivity contribution in [3.05, 3.63) is 58.9 Å². The first kappa shape index (κ1) is 31.6. The first-order chi connectivity index (χ1) is 16.1. The molecule has 0 amide bonds. The number of aromatic nitrogens is 3. The number of hydrogen-bond acceptors (Lipinski definition) is 7. The number of carbonyl (C=O) groups excluding carboxylic acids is 1. The predicted octanol–water partition coefficient (Wildman–Crippen LogP) is 5.12. The van der Waals surface area contributed by atoms with Gasteiger partial charge in [0.2, 0.25) is 10.0 Å². The topological polar surface area (TPSA) is 120 Å². The maximum Gasteiger partial charge on any atom is 0.238 e. The number of nitrogens with zero attached hydrogens (tertiary/aromatic N) is 3. The van der Waals surface area contributed by atoms with Crippen LogP contribution in [0.1, 0.15) is 39.1 Å². The van der Waals surface area contributed by atoms with Crippen molar-refractivity contribution in [2.45, 2.75) is 51.1 Å². The Morgan fingerprint density at radius 3 is 2.12 bits per heavy atom. The highest BCUT2D eigenvalue weighted by Crippen LogP contribution is 2.24. The van der Waals surface area contributed by atoms with Gasteiger partial charge in [0.25, 0.3) is 0 Å². The molecule has 0 aliphatic rings. The van der Waals surface area contributed by atoms with Gasteiger partial charge in [0.05, 0.1) is 15.6 Å². The molecule has 0 bridgehead atoms. The van der Waals surface area contributed by atoms with Crippen molar-refractivity contribution in [3.8, 4) is 5.69 Å². The zero-order chi connectivity index (χ0) is 26.3. The van der Waals surface area contributed by atoms with Crippen LogP contribution in [-0.2, 0) is 21.2 Å². The van der Waals surface area contributed by atoms with E-state index in [9.17, 15) is 8.42 Å². The number of anilines is 1. The minimum absolute atomic E-state index is 0.0106. The van der Waals surface area contributed by atoms with Crippen LogP contribution in [0.5, 0.6) is 0 Å². The van der Waals surface area contributed by atoms with Crippen LogP contribution >= 0.6 is 23.4 Å². The number of aldehydes is 1. The van der Waals surface area contributed by atoms with Crippen molar-refractivity contribution in [2.24, 2.45) is 5.14 Å². The maximum absolute atomic E-state index is 10.9. The number of nitrogens with one attached hydrogen (secondary N) is 1. The fourth-order valence-corrected chi connectivity index (χ4v) is 3.89. The van der Waals surface area contributed by atoms with Crippen molar-refractivity contribution in [1.29, 1.82) is 0 Å². The molecule has 0 spiro atoms. The summed E-state index contributed by atoms with van der Waals surface area (Å²) in [5, 5.41) is 17.4. The number of sulfonamides is 1. The van der Waals surface area contributed by atoms with Gasteiger partial charge in [-0.3, -0.25) is 4.57 Å². The largest absolute Gasteiger partial charge is 0.387 e. The summed E-state index contributed by atoms with van der Waals surface area (Å²) >= 11 is 7.37. The molecule has 0 fully saturated rings. The molecular formula is C23H34ClN5O3S2. The standard InChI is InChI=1S/C12H15N3S.C7H9ClN2O2S.C2H4O.C2H6/c1-4-11-13-14-12(16-3)15(11)10-7-5-9(2)6-8-10;1-10-7-3-2-5(4-6(7)8)13(9,11)12;1-2-3;1-2/h5-8H,4H2,1-3H3;2-4,10H,1H3,(H2,9,11,12);2H,1H3;1-2H3. The maximum atomic E-state index is 10.9. The molecule has 0 saturated carbocycles. The summed E-state index contributed by atoms with van der Waals surface area (Å²) in [5.74, 6) is 1.01. The first-order valence-corrected chi connectivity index (χ1v) is 13.7. The number of rotatable bonds is 5. The van der Waals surface area contributed by atoms with Crippen molar-refractivity contribution in [1.82, 2.24) is 14.8 Å². The molecule has 0 radical (unpaired) electrons. The third kappa shape index (κ3) is 9.84. The Morgan fingerprint density at radius 2 is 1.71 bits per heavy atom. The van der Waals surface area contributed by atoms with E-state index in [0.717, 1.165) is 29.4 Å². The van der Waals surface area contributed by atoms with Gasteiger partial charge in [-0.1, -0.05) is 61.8 Å². The van der Waals surface area contributed by atoms with Crippen molar-refractivity contribution in [3.63, 3.8) is 0 Å². The lowest BCUT2D eigenvalue weighted by Gasteiger charge is -2.08. The van der Waals surface area contributed by atoms with E-state index in [1.165, 1.54) is 24.6 Å². The number of nitrogens with two attached hydrogens (primary N) is 1. The van der Waals surface area contributed by atoms with Gasteiger partial charge in [-0.2, -0.15) is 0 Å². The SMILES string of the molecule is CC.CC=O.CCc1nnc(SC)n1-c1ccc(C)cc1.CNc1ccc(S(N)(=O)=O)cc1Cl. The van der Waals surface area contributed by atoms with Crippen molar-refractivity contribution in [2.75, 3.05) is 18.6 Å². The fourth-order valence-electron chi connectivity index (χ4n) is 2.49. The summed E-state index contributed by atoms with van der Waals surface area (Å²) in [4.78, 5) is 8.82. The summed E-state index contributed by atoms with van der Waals surface area (Å²) in [6.07, 6.45) is 3.66. The van der Waals surface area contributed by atoms with Crippen LogP contribution in [-0.4, -0.2) is 42.8 Å². The van der Waals surface area contributed by atoms with Crippen LogP contribution in [0, 0.1) is 6.92 Å². The molecule has 3 N–H and O–H groups in total. The second kappa shape index (κ2) is 16.3. The summed E-state index contributed by atoms with van der Waals surface area (Å²) in [7, 11) is -1.97. The van der Waals surface area contributed by atoms with Gasteiger partial charge >= 0.3 is 0 Å². The van der Waals surface area contributed by atoms with E-state index in [-0.39, 0.29) is 4.90 Å². The lowest BCUT2D eigenvalue weighted by molar-refractivity contribution is -0.106. The fraction of sp³-hybridized carbons (Fsp3) is 0.348. The molecule has 0 atom stereocenters. The lowest BCUT2D eigenvalue weighted by atomic mass is 10.2. The van der Waals surface area contributed by atoms with Gasteiger partial charge in [-0.15, -0.1) is 10.2 Å². The first-order valence-electron chi connectivity index (χ1n) is 10.6. The molecule has 1 heterocycles. The highest BCUT2D eigenvalue weighted by atomic mass is 35.5. The third-order valence-corrected chi connectivity index (χ3v) is 5.88. The monoisotopic (exact) mass is 527 g/mol. The van der Waals surface area contributed by atoms with Gasteiger partial charge in [0.1, 0.15) is 12.1 Å². The summed E-state index contributed by atoms with van der Waals surface area (Å²) in [6, 6.07) is 12.7. The number of hydrogen-bond donors (Lipinski definition) is 2. The molecule has 0 unspecified atom stereocenters. The Kier molecular flexibility index (Phi) is 15.1. The second-order valence-corrected chi connectivity index (χ2v) is 9.04. The van der Waals surface area contributed by atoms with Crippen LogP contribution in [0.25, 0.3) is 5.69 Å². The Hall–Kier alpha value is -2.40. The smallest absolute Gasteiger partial charge is 0.238 e. The highest BCUT2D eigenvalue weighted by Gasteiger charge is 2.11. The molecule has 188 valence electrons. The predicted molar refractivity (Wildman–Crippen MR) is 143 cm³/mol. The van der Waals surface area contributed by atoms with E-state index in [1.807, 2.05) is 20.1 Å². The van der Waals surface area contributed by atoms with E-state index >= 15 is 0 Å². The quantitative estimate of drug-likeness (QED) is 0.349. The molecule has 11 heteroatoms. The Balaban J connectivity index is 0.000000548. The van der Waals surface area contributed by atoms with E-state index < -0.39 is 10.0 Å². The zero-order valence-corrected chi connectivity index (χ0v) is 23.1. The van der Waals surface area contributed by atoms with Gasteiger partial charge in [0, 0.05) is 19.2 Å². The lowest BCUT2D eigenvalue weighted by Crippen LogP contribution is -2.12. The minimum Gasteiger partial charge on any atom is -0.387 e. The van der Waals surface area contributed by atoms with E-state index in [0.29, 0.717) is 10.7 Å². The van der Waals surface area contributed by atoms with Crippen LogP contribution in [0.15, 0.2) is 52.5 Å². The van der Waals surface area contributed by atoms with Gasteiger partial charge in [-0.05, 0) is 50.4 Å². The molecule has 3 aromatic rings. The van der Waals surface area contributed by atoms with Crippen molar-refractivity contribution < 1.29 is 13.2 Å². The minimum atomic E-state index is -3.66. The Morgan fingerprint density at radius 1 is 1.15 bits per heavy atom. The molecule has 0 aliphatic heterocycles.